The van der Waals surface area contributed by atoms with Crippen molar-refractivity contribution in [3.8, 4) is 0 Å². The van der Waals surface area contributed by atoms with Crippen molar-refractivity contribution in [2.75, 3.05) is 34.8 Å². The first-order valence-electron chi connectivity index (χ1n) is 11.9. The molecule has 0 fully saturated rings. The second-order valence-electron chi connectivity index (χ2n) is 10.5. The van der Waals surface area contributed by atoms with Gasteiger partial charge in [-0.2, -0.15) is 0 Å². The van der Waals surface area contributed by atoms with Gasteiger partial charge in [0.2, 0.25) is 0 Å². The molecule has 182 valence electrons. The summed E-state index contributed by atoms with van der Waals surface area (Å²) in [6.07, 6.45) is 1.47. The van der Waals surface area contributed by atoms with Crippen LogP contribution in [-0.2, 0) is 10.1 Å². The molecule has 0 unspecified atom stereocenters. The molecular weight excluding hydrogens is 421 g/mol. The van der Waals surface area contributed by atoms with Crippen LogP contribution in [-0.4, -0.2) is 56.6 Å². The van der Waals surface area contributed by atoms with Gasteiger partial charge in [-0.1, -0.05) is 89.5 Å². The highest BCUT2D eigenvalue weighted by molar-refractivity contribution is 6.32. The van der Waals surface area contributed by atoms with Gasteiger partial charge in [0.25, 0.3) is 0 Å². The number of hydrogen-bond donors (Lipinski definition) is 2. The van der Waals surface area contributed by atoms with E-state index in [-0.39, 0.29) is 12.0 Å². The van der Waals surface area contributed by atoms with Crippen LogP contribution < -0.4 is 0 Å². The summed E-state index contributed by atoms with van der Waals surface area (Å²) >= 11 is 0. The molecule has 3 aromatic rings. The number of rotatable bonds is 8. The molecule has 0 saturated carbocycles. The molecule has 0 atom stereocenters. The first kappa shape index (κ1) is 27.8. The maximum atomic E-state index is 9.06. The SMILES string of the molecule is C[N+](C)(C)C.Cc1ccc(C(CCCOB(O)O)(c2ccc(C)cc2)c2ccc(C)cc2)cc1. The maximum absolute atomic E-state index is 9.06. The number of aryl methyl sites for hydroxylation is 3. The van der Waals surface area contributed by atoms with Crippen LogP contribution in [0.2, 0.25) is 0 Å². The summed E-state index contributed by atoms with van der Waals surface area (Å²) in [6.45, 7) is 6.57. The van der Waals surface area contributed by atoms with E-state index in [1.165, 1.54) is 33.4 Å². The standard InChI is InChI=1S/C25H29BO3.C4H12N/c1-19-5-11-22(12-6-19)25(17-4-18-29-26(27)28,23-13-7-20(2)8-14-23)24-15-9-21(3)10-16-24;1-5(2,3)4/h5-16,27-28H,4,17-18H2,1-3H3;1-4H3/q;+1. The smallest absolute Gasteiger partial charge is 0.402 e. The van der Waals surface area contributed by atoms with Crippen molar-refractivity contribution in [2.45, 2.75) is 39.0 Å². The fraction of sp³-hybridized carbons (Fsp3) is 0.379. The van der Waals surface area contributed by atoms with Crippen molar-refractivity contribution < 1.29 is 19.2 Å². The molecule has 0 spiro atoms. The predicted molar refractivity (Wildman–Crippen MR) is 143 cm³/mol. The van der Waals surface area contributed by atoms with Gasteiger partial charge in [-0.25, -0.2) is 0 Å². The minimum absolute atomic E-state index is 0.281. The van der Waals surface area contributed by atoms with E-state index in [0.29, 0.717) is 6.42 Å². The topological polar surface area (TPSA) is 49.7 Å². The Hall–Kier alpha value is -2.44. The van der Waals surface area contributed by atoms with Gasteiger partial charge in [0.05, 0.1) is 28.2 Å². The molecule has 0 amide bonds. The van der Waals surface area contributed by atoms with Gasteiger partial charge in [-0.05, 0) is 50.3 Å². The highest BCUT2D eigenvalue weighted by Gasteiger charge is 2.36. The Morgan fingerprint density at radius 1 is 0.647 bits per heavy atom. The lowest BCUT2D eigenvalue weighted by atomic mass is 9.66. The van der Waals surface area contributed by atoms with Crippen LogP contribution in [0.1, 0.15) is 46.2 Å². The summed E-state index contributed by atoms with van der Waals surface area (Å²) in [7, 11) is 6.77. The molecule has 4 nitrogen and oxygen atoms in total. The van der Waals surface area contributed by atoms with Crippen LogP contribution in [0.5, 0.6) is 0 Å². The van der Waals surface area contributed by atoms with E-state index in [1.54, 1.807) is 0 Å². The second-order valence-corrected chi connectivity index (χ2v) is 10.5. The van der Waals surface area contributed by atoms with Gasteiger partial charge >= 0.3 is 7.32 Å². The van der Waals surface area contributed by atoms with Crippen LogP contribution in [0.3, 0.4) is 0 Å². The summed E-state index contributed by atoms with van der Waals surface area (Å²) in [5.74, 6) is 0. The maximum Gasteiger partial charge on any atom is 0.633 e. The van der Waals surface area contributed by atoms with Crippen molar-refractivity contribution in [3.63, 3.8) is 0 Å². The van der Waals surface area contributed by atoms with Crippen LogP contribution in [0.4, 0.5) is 0 Å². The average molecular weight is 462 g/mol. The first-order valence-corrected chi connectivity index (χ1v) is 11.9. The summed E-state index contributed by atoms with van der Waals surface area (Å²) in [6, 6.07) is 26.2. The Balaban J connectivity index is 0.000000739. The van der Waals surface area contributed by atoms with Crippen molar-refractivity contribution in [1.29, 1.82) is 0 Å². The molecule has 0 aromatic heterocycles. The first-order chi connectivity index (χ1) is 15.9. The number of hydrogen-bond acceptors (Lipinski definition) is 3. The zero-order valence-electron chi connectivity index (χ0n) is 21.9. The molecule has 0 aliphatic rings. The van der Waals surface area contributed by atoms with Crippen molar-refractivity contribution in [3.05, 3.63) is 106 Å². The number of benzene rings is 3. The molecular formula is C29H41BNO3+. The molecule has 0 radical (unpaired) electrons. The predicted octanol–water partition coefficient (Wildman–Crippen LogP) is 5.03. The van der Waals surface area contributed by atoms with E-state index in [0.717, 1.165) is 10.9 Å². The summed E-state index contributed by atoms with van der Waals surface area (Å²) < 4.78 is 6.01. The molecule has 2 N–H and O–H groups in total. The van der Waals surface area contributed by atoms with Crippen molar-refractivity contribution in [2.24, 2.45) is 0 Å². The monoisotopic (exact) mass is 462 g/mol. The van der Waals surface area contributed by atoms with Crippen molar-refractivity contribution in [1.82, 2.24) is 0 Å². The van der Waals surface area contributed by atoms with Gasteiger partial charge in [-0.3, -0.25) is 0 Å². The Morgan fingerprint density at radius 3 is 1.21 bits per heavy atom. The summed E-state index contributed by atoms with van der Waals surface area (Å²) in [4.78, 5) is 0. The lowest BCUT2D eigenvalue weighted by Crippen LogP contribution is -2.30. The Kier molecular flexibility index (Phi) is 10.1. The Morgan fingerprint density at radius 2 is 0.941 bits per heavy atom. The highest BCUT2D eigenvalue weighted by atomic mass is 16.6. The van der Waals surface area contributed by atoms with Gasteiger partial charge in [0.15, 0.2) is 0 Å². The minimum atomic E-state index is -1.73. The average Bonchev–Trinajstić information content (AvgIpc) is 2.75. The third kappa shape index (κ3) is 8.41. The van der Waals surface area contributed by atoms with E-state index < -0.39 is 7.32 Å². The third-order valence-electron chi connectivity index (χ3n) is 5.60. The van der Waals surface area contributed by atoms with Crippen LogP contribution in [0.15, 0.2) is 72.8 Å². The minimum Gasteiger partial charge on any atom is -0.402 e. The van der Waals surface area contributed by atoms with Crippen LogP contribution in [0, 0.1) is 20.8 Å². The molecule has 0 aliphatic carbocycles. The fourth-order valence-corrected chi connectivity index (χ4v) is 3.97. The van der Waals surface area contributed by atoms with E-state index in [9.17, 15) is 0 Å². The van der Waals surface area contributed by atoms with Crippen LogP contribution >= 0.6 is 0 Å². The number of nitrogens with zero attached hydrogens (tertiary/aromatic N) is 1. The van der Waals surface area contributed by atoms with Gasteiger partial charge in [0.1, 0.15) is 0 Å². The Labute approximate surface area is 206 Å². The normalized spacial score (nSPS) is 11.6. The van der Waals surface area contributed by atoms with Crippen LogP contribution in [0.25, 0.3) is 0 Å². The van der Waals surface area contributed by atoms with Crippen molar-refractivity contribution >= 4 is 7.32 Å². The van der Waals surface area contributed by atoms with E-state index in [1.807, 2.05) is 0 Å². The van der Waals surface area contributed by atoms with Gasteiger partial charge in [0, 0.05) is 12.0 Å². The molecule has 0 heterocycles. The molecule has 0 saturated heterocycles. The summed E-state index contributed by atoms with van der Waals surface area (Å²) in [5.41, 5.74) is 6.99. The fourth-order valence-electron chi connectivity index (χ4n) is 3.97. The Bertz CT molecular complexity index is 875. The molecule has 0 bridgehead atoms. The molecule has 3 rings (SSSR count). The van der Waals surface area contributed by atoms with Gasteiger partial charge in [-0.15, -0.1) is 0 Å². The summed E-state index contributed by atoms with van der Waals surface area (Å²) in [5, 5.41) is 18.1. The molecule has 0 aliphatic heterocycles. The molecule has 3 aromatic carbocycles. The highest BCUT2D eigenvalue weighted by Crippen LogP contribution is 2.43. The number of quaternary nitrogens is 1. The molecule has 5 heteroatoms. The zero-order chi connectivity index (χ0) is 25.4. The van der Waals surface area contributed by atoms with E-state index >= 15 is 0 Å². The van der Waals surface area contributed by atoms with E-state index in [4.69, 9.17) is 14.7 Å². The molecule has 34 heavy (non-hydrogen) atoms. The van der Waals surface area contributed by atoms with Gasteiger partial charge < -0.3 is 19.2 Å². The quantitative estimate of drug-likeness (QED) is 0.214. The lowest BCUT2D eigenvalue weighted by Gasteiger charge is -2.36. The largest absolute Gasteiger partial charge is 0.633 e. The van der Waals surface area contributed by atoms with E-state index in [2.05, 4.69) is 122 Å². The lowest BCUT2D eigenvalue weighted by molar-refractivity contribution is -0.849. The second kappa shape index (κ2) is 12.3. The third-order valence-corrected chi connectivity index (χ3v) is 5.60. The zero-order valence-corrected chi connectivity index (χ0v) is 21.9.